The number of anilines is 1. The van der Waals surface area contributed by atoms with Crippen molar-refractivity contribution in [2.45, 2.75) is 23.8 Å². The van der Waals surface area contributed by atoms with Crippen molar-refractivity contribution in [3.63, 3.8) is 0 Å². The van der Waals surface area contributed by atoms with Gasteiger partial charge in [0.1, 0.15) is 5.82 Å². The van der Waals surface area contributed by atoms with Crippen molar-refractivity contribution in [2.24, 2.45) is 0 Å². The van der Waals surface area contributed by atoms with Crippen LogP contribution in [0.15, 0.2) is 12.1 Å². The van der Waals surface area contributed by atoms with Gasteiger partial charge in [0.05, 0.1) is 18.0 Å². The summed E-state index contributed by atoms with van der Waals surface area (Å²) >= 11 is 3.79. The van der Waals surface area contributed by atoms with E-state index in [1.165, 1.54) is 5.56 Å². The second kappa shape index (κ2) is 4.14. The van der Waals surface area contributed by atoms with E-state index >= 15 is 0 Å². The van der Waals surface area contributed by atoms with E-state index < -0.39 is 0 Å². The number of ether oxygens (including phenoxy) is 1. The van der Waals surface area contributed by atoms with Gasteiger partial charge in [-0.25, -0.2) is 0 Å². The van der Waals surface area contributed by atoms with E-state index in [2.05, 4.69) is 44.1 Å². The lowest BCUT2D eigenvalue weighted by Gasteiger charge is -2.38. The average Bonchev–Trinajstić information content (AvgIpc) is 2.64. The summed E-state index contributed by atoms with van der Waals surface area (Å²) in [5, 5.41) is 3.47. The SMILES string of the molecule is COc1ccc2c(n1)N1C(C)CNCC1C2Br. The quantitative estimate of drug-likeness (QED) is 0.801. The Hall–Kier alpha value is -0.810. The number of methoxy groups -OCH3 is 1. The Kier molecular flexibility index (Phi) is 2.75. The lowest BCUT2D eigenvalue weighted by Crippen LogP contribution is -2.55. The van der Waals surface area contributed by atoms with E-state index in [9.17, 15) is 0 Å². The van der Waals surface area contributed by atoms with Gasteiger partial charge in [-0.3, -0.25) is 0 Å². The van der Waals surface area contributed by atoms with Crippen LogP contribution in [0.3, 0.4) is 0 Å². The van der Waals surface area contributed by atoms with Crippen molar-refractivity contribution in [1.82, 2.24) is 10.3 Å². The minimum atomic E-state index is 0.353. The van der Waals surface area contributed by atoms with Gasteiger partial charge in [-0.1, -0.05) is 15.9 Å². The molecule has 0 aliphatic carbocycles. The maximum absolute atomic E-state index is 5.22. The van der Waals surface area contributed by atoms with Crippen molar-refractivity contribution in [3.8, 4) is 5.88 Å². The molecule has 92 valence electrons. The van der Waals surface area contributed by atoms with Gasteiger partial charge in [0.15, 0.2) is 0 Å². The molecule has 2 aliphatic rings. The molecular weight excluding hydrogens is 282 g/mol. The van der Waals surface area contributed by atoms with Crippen molar-refractivity contribution in [1.29, 1.82) is 0 Å². The second-order valence-electron chi connectivity index (χ2n) is 4.65. The number of hydrogen-bond donors (Lipinski definition) is 1. The largest absolute Gasteiger partial charge is 0.481 e. The Labute approximate surface area is 109 Å². The second-order valence-corrected chi connectivity index (χ2v) is 5.64. The number of nitrogens with zero attached hydrogens (tertiary/aromatic N) is 2. The first-order valence-corrected chi connectivity index (χ1v) is 6.82. The van der Waals surface area contributed by atoms with Gasteiger partial charge in [0.2, 0.25) is 5.88 Å². The molecule has 0 radical (unpaired) electrons. The van der Waals surface area contributed by atoms with E-state index in [1.54, 1.807) is 7.11 Å². The summed E-state index contributed by atoms with van der Waals surface area (Å²) in [6.07, 6.45) is 0. The fraction of sp³-hybridized carbons (Fsp3) is 0.583. The van der Waals surface area contributed by atoms with Crippen LogP contribution < -0.4 is 15.0 Å². The van der Waals surface area contributed by atoms with Gasteiger partial charge in [-0.2, -0.15) is 4.98 Å². The number of piperazine rings is 1. The van der Waals surface area contributed by atoms with Crippen LogP contribution in [0.4, 0.5) is 5.82 Å². The lowest BCUT2D eigenvalue weighted by molar-refractivity contribution is 0.395. The smallest absolute Gasteiger partial charge is 0.214 e. The van der Waals surface area contributed by atoms with E-state index in [4.69, 9.17) is 4.74 Å². The van der Waals surface area contributed by atoms with E-state index in [1.807, 2.05) is 6.07 Å². The third-order valence-electron chi connectivity index (χ3n) is 3.59. The van der Waals surface area contributed by atoms with Crippen molar-refractivity contribution >= 4 is 21.7 Å². The number of nitrogens with one attached hydrogen (secondary N) is 1. The van der Waals surface area contributed by atoms with E-state index in [-0.39, 0.29) is 0 Å². The molecular formula is C12H16BrN3O. The first-order valence-electron chi connectivity index (χ1n) is 5.90. The maximum Gasteiger partial charge on any atom is 0.214 e. The topological polar surface area (TPSA) is 37.4 Å². The number of rotatable bonds is 1. The molecule has 17 heavy (non-hydrogen) atoms. The molecule has 3 heterocycles. The first kappa shape index (κ1) is 11.3. The number of alkyl halides is 1. The molecule has 1 N–H and O–H groups in total. The molecule has 3 rings (SSSR count). The van der Waals surface area contributed by atoms with E-state index in [0.29, 0.717) is 22.8 Å². The standard InChI is InChI=1S/C12H16BrN3O/c1-7-5-14-6-9-11(13)8-3-4-10(17-2)15-12(8)16(7)9/h3-4,7,9,11,14H,5-6H2,1-2H3. The Morgan fingerprint density at radius 2 is 2.29 bits per heavy atom. The molecule has 1 fully saturated rings. The van der Waals surface area contributed by atoms with Crippen LogP contribution in [0.2, 0.25) is 0 Å². The maximum atomic E-state index is 5.22. The van der Waals surface area contributed by atoms with Gasteiger partial charge >= 0.3 is 0 Å². The van der Waals surface area contributed by atoms with Crippen molar-refractivity contribution in [3.05, 3.63) is 17.7 Å². The van der Waals surface area contributed by atoms with Gasteiger partial charge < -0.3 is 15.0 Å². The van der Waals surface area contributed by atoms with Gasteiger partial charge in [-0.05, 0) is 13.0 Å². The highest BCUT2D eigenvalue weighted by Crippen LogP contribution is 2.45. The Morgan fingerprint density at radius 3 is 3.06 bits per heavy atom. The summed E-state index contributed by atoms with van der Waals surface area (Å²) < 4.78 is 5.22. The fourth-order valence-corrected chi connectivity index (χ4v) is 3.56. The molecule has 0 aromatic carbocycles. The molecule has 4 nitrogen and oxygen atoms in total. The van der Waals surface area contributed by atoms with Crippen molar-refractivity contribution in [2.75, 3.05) is 25.1 Å². The van der Waals surface area contributed by atoms with Crippen LogP contribution >= 0.6 is 15.9 Å². The number of halogens is 1. The normalized spacial score (nSPS) is 31.0. The zero-order valence-corrected chi connectivity index (χ0v) is 11.6. The van der Waals surface area contributed by atoms with Crippen LogP contribution in [-0.2, 0) is 0 Å². The van der Waals surface area contributed by atoms with E-state index in [0.717, 1.165) is 18.9 Å². The molecule has 0 amide bonds. The molecule has 0 bridgehead atoms. The minimum absolute atomic E-state index is 0.353. The average molecular weight is 298 g/mol. The number of fused-ring (bicyclic) bond motifs is 3. The molecule has 0 saturated carbocycles. The lowest BCUT2D eigenvalue weighted by atomic mass is 10.1. The number of pyridine rings is 1. The Morgan fingerprint density at radius 1 is 1.47 bits per heavy atom. The highest BCUT2D eigenvalue weighted by molar-refractivity contribution is 9.09. The summed E-state index contributed by atoms with van der Waals surface area (Å²) in [6, 6.07) is 4.97. The molecule has 2 aliphatic heterocycles. The predicted molar refractivity (Wildman–Crippen MR) is 71.1 cm³/mol. The molecule has 0 spiro atoms. The Bertz CT molecular complexity index is 440. The minimum Gasteiger partial charge on any atom is -0.481 e. The molecule has 3 atom stereocenters. The fourth-order valence-electron chi connectivity index (χ4n) is 2.76. The molecule has 1 aromatic heterocycles. The summed E-state index contributed by atoms with van der Waals surface area (Å²) in [5.41, 5.74) is 1.27. The summed E-state index contributed by atoms with van der Waals surface area (Å²) in [7, 11) is 1.66. The molecule has 1 aromatic rings. The molecule has 1 saturated heterocycles. The zero-order chi connectivity index (χ0) is 12.0. The zero-order valence-electron chi connectivity index (χ0n) is 9.98. The summed E-state index contributed by atoms with van der Waals surface area (Å²) in [5.74, 6) is 1.76. The third kappa shape index (κ3) is 1.64. The van der Waals surface area contributed by atoms with Crippen LogP contribution in [0.1, 0.15) is 17.3 Å². The summed E-state index contributed by atoms with van der Waals surface area (Å²) in [4.78, 5) is 7.37. The first-order chi connectivity index (χ1) is 8.22. The third-order valence-corrected chi connectivity index (χ3v) is 4.70. The van der Waals surface area contributed by atoms with Crippen molar-refractivity contribution < 1.29 is 4.74 Å². The van der Waals surface area contributed by atoms with Crippen LogP contribution in [0.25, 0.3) is 0 Å². The van der Waals surface area contributed by atoms with Gasteiger partial charge in [0, 0.05) is 30.8 Å². The highest BCUT2D eigenvalue weighted by atomic mass is 79.9. The Balaban J connectivity index is 2.07. The van der Waals surface area contributed by atoms with Gasteiger partial charge in [0.25, 0.3) is 0 Å². The van der Waals surface area contributed by atoms with Crippen LogP contribution in [0, 0.1) is 0 Å². The summed E-state index contributed by atoms with van der Waals surface area (Å²) in [6.45, 7) is 4.24. The monoisotopic (exact) mass is 297 g/mol. The number of aromatic nitrogens is 1. The number of hydrogen-bond acceptors (Lipinski definition) is 4. The van der Waals surface area contributed by atoms with Gasteiger partial charge in [-0.15, -0.1) is 0 Å². The molecule has 5 heteroatoms. The highest BCUT2D eigenvalue weighted by Gasteiger charge is 2.42. The van der Waals surface area contributed by atoms with Crippen LogP contribution in [-0.4, -0.2) is 37.3 Å². The van der Waals surface area contributed by atoms with Crippen LogP contribution in [0.5, 0.6) is 5.88 Å². The predicted octanol–water partition coefficient (Wildman–Crippen LogP) is 1.71. The molecule has 3 unspecified atom stereocenters.